The minimum absolute atomic E-state index is 0.0694. The van der Waals surface area contributed by atoms with Gasteiger partial charge in [0.05, 0.1) is 21.2 Å². The molecule has 1 amide bonds. The van der Waals surface area contributed by atoms with E-state index in [1.165, 1.54) is 13.0 Å². The van der Waals surface area contributed by atoms with Crippen LogP contribution < -0.4 is 10.0 Å². The van der Waals surface area contributed by atoms with Crippen LogP contribution in [0.1, 0.15) is 20.3 Å². The van der Waals surface area contributed by atoms with Crippen molar-refractivity contribution in [3.8, 4) is 5.75 Å². The molecule has 0 aliphatic carbocycles. The summed E-state index contributed by atoms with van der Waals surface area (Å²) in [5, 5.41) is 12.3. The van der Waals surface area contributed by atoms with Crippen LogP contribution in [0, 0.1) is 5.82 Å². The van der Waals surface area contributed by atoms with Crippen LogP contribution in [0.2, 0.25) is 0 Å². The predicted molar refractivity (Wildman–Crippen MR) is 105 cm³/mol. The summed E-state index contributed by atoms with van der Waals surface area (Å²) in [7, 11) is -7.68. The van der Waals surface area contributed by atoms with Gasteiger partial charge in [0.15, 0.2) is 9.84 Å². The zero-order chi connectivity index (χ0) is 21.8. The quantitative estimate of drug-likeness (QED) is 0.534. The summed E-state index contributed by atoms with van der Waals surface area (Å²) in [6.45, 7) is 3.02. The van der Waals surface area contributed by atoms with Gasteiger partial charge < -0.3 is 10.4 Å². The van der Waals surface area contributed by atoms with E-state index >= 15 is 0 Å². The van der Waals surface area contributed by atoms with Crippen LogP contribution in [0.3, 0.4) is 0 Å². The number of carbonyl (C=O) groups excluding carboxylic acids is 1. The maximum atomic E-state index is 13.0. The molecule has 0 aliphatic rings. The molecule has 0 spiro atoms. The van der Waals surface area contributed by atoms with Gasteiger partial charge in [0.1, 0.15) is 17.6 Å². The van der Waals surface area contributed by atoms with E-state index in [-0.39, 0.29) is 33.4 Å². The zero-order valence-electron chi connectivity index (χ0n) is 15.7. The van der Waals surface area contributed by atoms with E-state index in [0.29, 0.717) is 0 Å². The third-order valence-electron chi connectivity index (χ3n) is 4.11. The van der Waals surface area contributed by atoms with Crippen molar-refractivity contribution >= 4 is 31.5 Å². The van der Waals surface area contributed by atoms with Gasteiger partial charge in [-0.25, -0.2) is 21.2 Å². The predicted octanol–water partition coefficient (Wildman–Crippen LogP) is 2.02. The highest BCUT2D eigenvalue weighted by Crippen LogP contribution is 2.27. The average molecular weight is 445 g/mol. The Labute approximate surface area is 168 Å². The number of phenols is 1. The lowest BCUT2D eigenvalue weighted by Crippen LogP contribution is -2.43. The molecule has 8 nitrogen and oxygen atoms in total. The van der Waals surface area contributed by atoms with E-state index < -0.39 is 37.6 Å². The van der Waals surface area contributed by atoms with Gasteiger partial charge in [-0.05, 0) is 48.9 Å². The number of aromatic hydroxyl groups is 1. The maximum absolute atomic E-state index is 13.0. The molecule has 11 heteroatoms. The smallest absolute Gasteiger partial charge is 0.242 e. The molecule has 2 aromatic carbocycles. The van der Waals surface area contributed by atoms with Crippen molar-refractivity contribution < 1.29 is 31.1 Å². The number of amides is 1. The molecule has 0 heterocycles. The first kappa shape index (κ1) is 22.8. The third-order valence-corrected chi connectivity index (χ3v) is 7.33. The number of hydrogen-bond acceptors (Lipinski definition) is 6. The van der Waals surface area contributed by atoms with Crippen molar-refractivity contribution in [1.82, 2.24) is 4.72 Å². The van der Waals surface area contributed by atoms with E-state index in [0.717, 1.165) is 36.4 Å². The SMILES string of the molecule is CCC(NS(=O)(=O)c1ccc(F)cc1)C(=O)Nc1cc(S(=O)(=O)CC)ccc1O. The molecule has 0 bridgehead atoms. The first-order valence-electron chi connectivity index (χ1n) is 8.64. The number of rotatable bonds is 8. The summed E-state index contributed by atoms with van der Waals surface area (Å²) >= 11 is 0. The van der Waals surface area contributed by atoms with E-state index in [2.05, 4.69) is 10.0 Å². The van der Waals surface area contributed by atoms with Gasteiger partial charge in [0, 0.05) is 0 Å². The summed E-state index contributed by atoms with van der Waals surface area (Å²) in [4.78, 5) is 12.2. The van der Waals surface area contributed by atoms with E-state index in [9.17, 15) is 31.1 Å². The molecule has 2 rings (SSSR count). The van der Waals surface area contributed by atoms with Crippen molar-refractivity contribution in [2.45, 2.75) is 36.1 Å². The van der Waals surface area contributed by atoms with Gasteiger partial charge >= 0.3 is 0 Å². The fourth-order valence-electron chi connectivity index (χ4n) is 2.39. The van der Waals surface area contributed by atoms with Crippen molar-refractivity contribution in [3.63, 3.8) is 0 Å². The fourth-order valence-corrected chi connectivity index (χ4v) is 4.57. The Kier molecular flexibility index (Phi) is 6.98. The van der Waals surface area contributed by atoms with E-state index in [1.54, 1.807) is 6.92 Å². The van der Waals surface area contributed by atoms with Gasteiger partial charge in [-0.15, -0.1) is 0 Å². The van der Waals surface area contributed by atoms with Gasteiger partial charge in [0.2, 0.25) is 15.9 Å². The highest BCUT2D eigenvalue weighted by molar-refractivity contribution is 7.91. The molecule has 0 saturated carbocycles. The number of sulfone groups is 1. The van der Waals surface area contributed by atoms with Crippen LogP contribution in [0.4, 0.5) is 10.1 Å². The fraction of sp³-hybridized carbons (Fsp3) is 0.278. The highest BCUT2D eigenvalue weighted by atomic mass is 32.2. The monoisotopic (exact) mass is 444 g/mol. The maximum Gasteiger partial charge on any atom is 0.242 e. The van der Waals surface area contributed by atoms with Gasteiger partial charge in [0.25, 0.3) is 0 Å². The Balaban J connectivity index is 2.24. The molecular weight excluding hydrogens is 423 g/mol. The Morgan fingerprint density at radius 1 is 1.03 bits per heavy atom. The molecule has 1 unspecified atom stereocenters. The summed E-state index contributed by atoms with van der Waals surface area (Å²) in [6.07, 6.45) is 0.0694. The number of hydrogen-bond donors (Lipinski definition) is 3. The van der Waals surface area contributed by atoms with E-state index in [1.807, 2.05) is 0 Å². The lowest BCUT2D eigenvalue weighted by molar-refractivity contribution is -0.117. The molecule has 158 valence electrons. The highest BCUT2D eigenvalue weighted by Gasteiger charge is 2.25. The number of phenolic OH excluding ortho intramolecular Hbond substituents is 1. The average Bonchev–Trinajstić information content (AvgIpc) is 2.67. The minimum atomic E-state index is -4.11. The third kappa shape index (κ3) is 5.52. The second-order valence-corrected chi connectivity index (χ2v) is 10.1. The molecule has 0 fully saturated rings. The van der Waals surface area contributed by atoms with Crippen LogP contribution in [0.5, 0.6) is 5.75 Å². The normalized spacial score (nSPS) is 13.1. The van der Waals surface area contributed by atoms with Gasteiger partial charge in [-0.1, -0.05) is 13.8 Å². The van der Waals surface area contributed by atoms with Crippen LogP contribution in [-0.2, 0) is 24.7 Å². The van der Waals surface area contributed by atoms with Gasteiger partial charge in [-0.2, -0.15) is 4.72 Å². The van der Waals surface area contributed by atoms with Crippen LogP contribution in [0.15, 0.2) is 52.3 Å². The number of carbonyl (C=O) groups is 1. The molecule has 0 saturated heterocycles. The number of sulfonamides is 1. The molecule has 0 aromatic heterocycles. The van der Waals surface area contributed by atoms with Crippen molar-refractivity contribution in [2.75, 3.05) is 11.1 Å². The number of anilines is 1. The molecule has 0 aliphatic heterocycles. The topological polar surface area (TPSA) is 130 Å². The van der Waals surface area contributed by atoms with Gasteiger partial charge in [-0.3, -0.25) is 4.79 Å². The molecule has 2 aromatic rings. The van der Waals surface area contributed by atoms with Crippen LogP contribution >= 0.6 is 0 Å². The Bertz CT molecular complexity index is 1100. The zero-order valence-corrected chi connectivity index (χ0v) is 17.3. The number of halogens is 1. The largest absolute Gasteiger partial charge is 0.506 e. The molecule has 29 heavy (non-hydrogen) atoms. The molecule has 3 N–H and O–H groups in total. The molecular formula is C18H21FN2O6S2. The van der Waals surface area contributed by atoms with E-state index in [4.69, 9.17) is 0 Å². The Hall–Kier alpha value is -2.50. The lowest BCUT2D eigenvalue weighted by Gasteiger charge is -2.18. The number of nitrogens with one attached hydrogen (secondary N) is 2. The first-order chi connectivity index (χ1) is 13.5. The van der Waals surface area contributed by atoms with Crippen molar-refractivity contribution in [2.24, 2.45) is 0 Å². The summed E-state index contributed by atoms with van der Waals surface area (Å²) in [5.74, 6) is -1.93. The second kappa shape index (κ2) is 8.89. The summed E-state index contributed by atoms with van der Waals surface area (Å²) < 4.78 is 64.1. The standard InChI is InChI=1S/C18H21FN2O6S2/c1-3-15(21-29(26,27)13-7-5-12(19)6-8-13)18(23)20-16-11-14(9-10-17(16)22)28(24,25)4-2/h5-11,15,21-22H,3-4H2,1-2H3,(H,20,23). The molecule has 1 atom stereocenters. The minimum Gasteiger partial charge on any atom is -0.506 e. The summed E-state index contributed by atoms with van der Waals surface area (Å²) in [5.41, 5.74) is -0.163. The van der Waals surface area contributed by atoms with Crippen molar-refractivity contribution in [3.05, 3.63) is 48.3 Å². The van der Waals surface area contributed by atoms with Crippen LogP contribution in [-0.4, -0.2) is 39.6 Å². The summed E-state index contributed by atoms with van der Waals surface area (Å²) in [6, 6.07) is 6.31. The Morgan fingerprint density at radius 2 is 1.62 bits per heavy atom. The first-order valence-corrected chi connectivity index (χ1v) is 11.8. The Morgan fingerprint density at radius 3 is 2.17 bits per heavy atom. The number of benzene rings is 2. The van der Waals surface area contributed by atoms with Crippen molar-refractivity contribution in [1.29, 1.82) is 0 Å². The lowest BCUT2D eigenvalue weighted by atomic mass is 10.2. The molecule has 0 radical (unpaired) electrons. The second-order valence-electron chi connectivity index (χ2n) is 6.11. The van der Waals surface area contributed by atoms with Crippen LogP contribution in [0.25, 0.3) is 0 Å².